The van der Waals surface area contributed by atoms with Crippen molar-refractivity contribution in [3.63, 3.8) is 0 Å². The molecule has 0 radical (unpaired) electrons. The third kappa shape index (κ3) is 6.64. The Labute approximate surface area is 174 Å². The molecule has 1 aliphatic rings. The van der Waals surface area contributed by atoms with Gasteiger partial charge in [0.15, 0.2) is 0 Å². The molecular weight excluding hydrogens is 399 g/mol. The second-order valence-electron chi connectivity index (χ2n) is 7.82. The number of likely N-dealkylation sites (tertiary alicyclic amines) is 1. The third-order valence-electron chi connectivity index (χ3n) is 5.58. The maximum absolute atomic E-state index is 12.3. The average molecular weight is 428 g/mol. The van der Waals surface area contributed by atoms with E-state index in [-0.39, 0.29) is 5.75 Å². The minimum absolute atomic E-state index is 0.238. The van der Waals surface area contributed by atoms with E-state index in [1.807, 2.05) is 0 Å². The molecule has 0 spiro atoms. The molecule has 160 valence electrons. The lowest BCUT2D eigenvalue weighted by molar-refractivity contribution is -0.274. The molecule has 1 aromatic carbocycles. The zero-order valence-corrected chi connectivity index (χ0v) is 17.6. The average Bonchev–Trinajstić information content (AvgIpc) is 3.21. The third-order valence-corrected chi connectivity index (χ3v) is 6.28. The summed E-state index contributed by atoms with van der Waals surface area (Å²) >= 11 is 1.71. The van der Waals surface area contributed by atoms with Crippen LogP contribution in [0.25, 0.3) is 0 Å². The van der Waals surface area contributed by atoms with Crippen molar-refractivity contribution in [1.82, 2.24) is 4.90 Å². The van der Waals surface area contributed by atoms with Crippen LogP contribution >= 0.6 is 11.3 Å². The molecule has 0 N–H and O–H groups in total. The maximum atomic E-state index is 12.3. The Kier molecular flexibility index (Phi) is 7.46. The number of nitrogens with zero attached hydrogens (tertiary/aromatic N) is 1. The van der Waals surface area contributed by atoms with E-state index in [0.717, 1.165) is 32.5 Å². The van der Waals surface area contributed by atoms with Gasteiger partial charge in [-0.25, -0.2) is 0 Å². The van der Waals surface area contributed by atoms with Gasteiger partial charge in [0.25, 0.3) is 0 Å². The number of piperidine rings is 1. The molecule has 3 atom stereocenters. The first-order chi connectivity index (χ1) is 13.8. The normalized spacial score (nSPS) is 21.7. The van der Waals surface area contributed by atoms with Crippen molar-refractivity contribution in [3.8, 4) is 11.5 Å². The summed E-state index contributed by atoms with van der Waals surface area (Å²) in [6.07, 6.45) is -2.42. The Hall–Kier alpha value is -1.73. The van der Waals surface area contributed by atoms with Crippen molar-refractivity contribution < 1.29 is 22.6 Å². The standard InChI is InChI=1S/C22H28F3NO2S/c1-3-16(2)12-26-10-8-21(17-9-11-29-15-17)18(13-26)14-27-19-4-6-20(7-5-19)28-22(23,24)25/h4-7,9,11,15-16,18,21H,3,8,10,12-14H2,1-2H3/t16?,18-,21-/m0/s1. The molecule has 2 heterocycles. The van der Waals surface area contributed by atoms with Crippen molar-refractivity contribution in [2.24, 2.45) is 11.8 Å². The number of alkyl halides is 3. The molecule has 1 fully saturated rings. The van der Waals surface area contributed by atoms with Gasteiger partial charge in [0.05, 0.1) is 6.61 Å². The van der Waals surface area contributed by atoms with Crippen LogP contribution in [0, 0.1) is 11.8 Å². The predicted molar refractivity (Wildman–Crippen MR) is 110 cm³/mol. The van der Waals surface area contributed by atoms with Crippen molar-refractivity contribution in [2.45, 2.75) is 39.0 Å². The van der Waals surface area contributed by atoms with Gasteiger partial charge in [0.2, 0.25) is 0 Å². The summed E-state index contributed by atoms with van der Waals surface area (Å²) in [4.78, 5) is 2.52. The van der Waals surface area contributed by atoms with Crippen LogP contribution in [0.15, 0.2) is 41.1 Å². The Morgan fingerprint density at radius 3 is 2.52 bits per heavy atom. The summed E-state index contributed by atoms with van der Waals surface area (Å²) in [5.74, 6) is 1.77. The Morgan fingerprint density at radius 2 is 1.90 bits per heavy atom. The van der Waals surface area contributed by atoms with Crippen LogP contribution in [-0.4, -0.2) is 37.5 Å². The van der Waals surface area contributed by atoms with E-state index in [0.29, 0.717) is 30.1 Å². The van der Waals surface area contributed by atoms with E-state index in [1.54, 1.807) is 11.3 Å². The molecule has 0 amide bonds. The summed E-state index contributed by atoms with van der Waals surface area (Å²) < 4.78 is 46.8. The Bertz CT molecular complexity index is 734. The molecule has 1 aromatic heterocycles. The molecular formula is C22H28F3NO2S. The zero-order valence-electron chi connectivity index (χ0n) is 16.8. The highest BCUT2D eigenvalue weighted by Crippen LogP contribution is 2.35. The van der Waals surface area contributed by atoms with E-state index in [2.05, 4.69) is 40.3 Å². The maximum Gasteiger partial charge on any atom is 0.573 e. The van der Waals surface area contributed by atoms with E-state index in [1.165, 1.54) is 29.8 Å². The van der Waals surface area contributed by atoms with Crippen LogP contribution in [0.4, 0.5) is 13.2 Å². The van der Waals surface area contributed by atoms with Crippen LogP contribution in [0.5, 0.6) is 11.5 Å². The lowest BCUT2D eigenvalue weighted by Gasteiger charge is -2.39. The van der Waals surface area contributed by atoms with Gasteiger partial charge in [0, 0.05) is 19.0 Å². The smallest absolute Gasteiger partial charge is 0.493 e. The molecule has 2 aromatic rings. The fraction of sp³-hybridized carbons (Fsp3) is 0.545. The lowest BCUT2D eigenvalue weighted by atomic mass is 9.81. The van der Waals surface area contributed by atoms with Crippen molar-refractivity contribution in [3.05, 3.63) is 46.7 Å². The highest BCUT2D eigenvalue weighted by atomic mass is 32.1. The topological polar surface area (TPSA) is 21.7 Å². The fourth-order valence-electron chi connectivity index (χ4n) is 3.88. The van der Waals surface area contributed by atoms with Gasteiger partial charge in [-0.05, 0) is 71.5 Å². The summed E-state index contributed by atoms with van der Waals surface area (Å²) in [5, 5.41) is 4.32. The largest absolute Gasteiger partial charge is 0.573 e. The SMILES string of the molecule is CCC(C)CN1CC[C@@H](c2ccsc2)[C@H](COc2ccc(OC(F)(F)F)cc2)C1. The molecule has 1 saturated heterocycles. The number of hydrogen-bond donors (Lipinski definition) is 0. The summed E-state index contributed by atoms with van der Waals surface area (Å²) in [5.41, 5.74) is 1.36. The monoisotopic (exact) mass is 427 g/mol. The second kappa shape index (κ2) is 9.85. The predicted octanol–water partition coefficient (Wildman–Crippen LogP) is 6.18. The van der Waals surface area contributed by atoms with Crippen LogP contribution in [0.2, 0.25) is 0 Å². The highest BCUT2D eigenvalue weighted by Gasteiger charge is 2.32. The highest BCUT2D eigenvalue weighted by molar-refractivity contribution is 7.07. The number of thiophene rings is 1. The molecule has 29 heavy (non-hydrogen) atoms. The quantitative estimate of drug-likeness (QED) is 0.502. The van der Waals surface area contributed by atoms with E-state index >= 15 is 0 Å². The summed E-state index contributed by atoms with van der Waals surface area (Å²) in [7, 11) is 0. The molecule has 3 nitrogen and oxygen atoms in total. The van der Waals surface area contributed by atoms with E-state index in [9.17, 15) is 13.2 Å². The first-order valence-corrected chi connectivity index (χ1v) is 11.0. The van der Waals surface area contributed by atoms with Crippen LogP contribution in [-0.2, 0) is 0 Å². The van der Waals surface area contributed by atoms with E-state index < -0.39 is 6.36 Å². The molecule has 3 rings (SSSR count). The fourth-order valence-corrected chi connectivity index (χ4v) is 4.60. The molecule has 1 unspecified atom stereocenters. The van der Waals surface area contributed by atoms with Crippen molar-refractivity contribution in [1.29, 1.82) is 0 Å². The van der Waals surface area contributed by atoms with Gasteiger partial charge in [-0.15, -0.1) is 13.2 Å². The number of hydrogen-bond acceptors (Lipinski definition) is 4. The lowest BCUT2D eigenvalue weighted by Crippen LogP contribution is -2.43. The number of benzene rings is 1. The van der Waals surface area contributed by atoms with Gasteiger partial charge in [-0.2, -0.15) is 11.3 Å². The molecule has 0 bridgehead atoms. The van der Waals surface area contributed by atoms with Crippen LogP contribution in [0.3, 0.4) is 0 Å². The first-order valence-electron chi connectivity index (χ1n) is 10.1. The van der Waals surface area contributed by atoms with Crippen molar-refractivity contribution >= 4 is 11.3 Å². The molecule has 1 aliphatic heterocycles. The van der Waals surface area contributed by atoms with Crippen LogP contribution in [0.1, 0.15) is 38.2 Å². The summed E-state index contributed by atoms with van der Waals surface area (Å²) in [6.45, 7) is 8.19. The second-order valence-corrected chi connectivity index (χ2v) is 8.60. The Morgan fingerprint density at radius 1 is 1.17 bits per heavy atom. The summed E-state index contributed by atoms with van der Waals surface area (Å²) in [6, 6.07) is 7.82. The molecule has 7 heteroatoms. The van der Waals surface area contributed by atoms with Gasteiger partial charge >= 0.3 is 6.36 Å². The van der Waals surface area contributed by atoms with Gasteiger partial charge in [0.1, 0.15) is 11.5 Å². The van der Waals surface area contributed by atoms with E-state index in [4.69, 9.17) is 4.74 Å². The first kappa shape index (κ1) is 22.0. The van der Waals surface area contributed by atoms with Crippen molar-refractivity contribution in [2.75, 3.05) is 26.2 Å². The number of ether oxygens (including phenoxy) is 2. The van der Waals surface area contributed by atoms with Gasteiger partial charge in [-0.1, -0.05) is 20.3 Å². The van der Waals surface area contributed by atoms with Gasteiger partial charge < -0.3 is 14.4 Å². The number of halogens is 3. The van der Waals surface area contributed by atoms with Crippen LogP contribution < -0.4 is 9.47 Å². The number of rotatable bonds is 8. The molecule has 0 aliphatic carbocycles. The Balaban J connectivity index is 1.62. The van der Waals surface area contributed by atoms with Gasteiger partial charge in [-0.3, -0.25) is 0 Å². The zero-order chi connectivity index (χ0) is 20.9. The minimum atomic E-state index is -4.68. The molecule has 0 saturated carbocycles. The minimum Gasteiger partial charge on any atom is -0.493 e.